The van der Waals surface area contributed by atoms with E-state index in [1.807, 2.05) is 53.4 Å². The molecule has 7 heteroatoms. The van der Waals surface area contributed by atoms with Gasteiger partial charge in [-0.25, -0.2) is 0 Å². The number of nitrogens with zero attached hydrogens (tertiary/aromatic N) is 2. The fraction of sp³-hybridized carbons (Fsp3) is 0.190. The summed E-state index contributed by atoms with van der Waals surface area (Å²) in [6.07, 6.45) is 1.89. The molecular weight excluding hydrogens is 374 g/mol. The SMILES string of the molecule is CCOc1ccc(C(=O)NCC(=O)N=c2sccn2Cc2ccccc2)cc1. The van der Waals surface area contributed by atoms with E-state index < -0.39 is 5.91 Å². The van der Waals surface area contributed by atoms with Gasteiger partial charge in [0.15, 0.2) is 4.80 Å². The third-order valence-corrected chi connectivity index (χ3v) is 4.70. The van der Waals surface area contributed by atoms with Crippen LogP contribution in [-0.2, 0) is 11.3 Å². The zero-order valence-corrected chi connectivity index (χ0v) is 16.3. The fourth-order valence-corrected chi connectivity index (χ4v) is 3.31. The highest BCUT2D eigenvalue weighted by Gasteiger charge is 2.08. The molecule has 144 valence electrons. The molecule has 3 rings (SSSR count). The number of aromatic nitrogens is 1. The Morgan fingerprint density at radius 3 is 2.57 bits per heavy atom. The van der Waals surface area contributed by atoms with E-state index in [0.717, 1.165) is 5.56 Å². The first kappa shape index (κ1) is 19.6. The number of rotatable bonds is 7. The van der Waals surface area contributed by atoms with Crippen LogP contribution < -0.4 is 14.9 Å². The first-order valence-electron chi connectivity index (χ1n) is 8.92. The normalized spacial score (nSPS) is 11.2. The molecule has 0 radical (unpaired) electrons. The summed E-state index contributed by atoms with van der Waals surface area (Å²) in [6.45, 7) is 2.94. The molecule has 2 aromatic carbocycles. The van der Waals surface area contributed by atoms with Crippen LogP contribution in [-0.4, -0.2) is 29.5 Å². The van der Waals surface area contributed by atoms with Gasteiger partial charge in [0.25, 0.3) is 11.8 Å². The van der Waals surface area contributed by atoms with Crippen molar-refractivity contribution >= 4 is 23.2 Å². The van der Waals surface area contributed by atoms with Gasteiger partial charge >= 0.3 is 0 Å². The summed E-state index contributed by atoms with van der Waals surface area (Å²) in [5.41, 5.74) is 1.59. The maximum atomic E-state index is 12.2. The molecule has 0 spiro atoms. The molecule has 1 N–H and O–H groups in total. The van der Waals surface area contributed by atoms with Crippen molar-refractivity contribution < 1.29 is 14.3 Å². The molecule has 3 aromatic rings. The summed E-state index contributed by atoms with van der Waals surface area (Å²) in [4.78, 5) is 29.1. The molecule has 2 amide bonds. The molecule has 0 unspecified atom stereocenters. The van der Waals surface area contributed by atoms with Crippen molar-refractivity contribution in [2.45, 2.75) is 13.5 Å². The molecular formula is C21H21N3O3S. The topological polar surface area (TPSA) is 72.7 Å². The van der Waals surface area contributed by atoms with Crippen molar-refractivity contribution in [3.63, 3.8) is 0 Å². The van der Waals surface area contributed by atoms with Gasteiger partial charge in [0.2, 0.25) is 0 Å². The maximum Gasteiger partial charge on any atom is 0.267 e. The largest absolute Gasteiger partial charge is 0.494 e. The van der Waals surface area contributed by atoms with E-state index in [-0.39, 0.29) is 12.5 Å². The number of ether oxygens (including phenoxy) is 1. The molecule has 0 aliphatic carbocycles. The van der Waals surface area contributed by atoms with E-state index in [0.29, 0.717) is 29.3 Å². The summed E-state index contributed by atoms with van der Waals surface area (Å²) < 4.78 is 7.26. The number of hydrogen-bond acceptors (Lipinski definition) is 4. The first-order chi connectivity index (χ1) is 13.7. The molecule has 0 bridgehead atoms. The van der Waals surface area contributed by atoms with Gasteiger partial charge in [0.1, 0.15) is 5.75 Å². The third kappa shape index (κ3) is 5.40. The van der Waals surface area contributed by atoms with Gasteiger partial charge in [-0.15, -0.1) is 11.3 Å². The average Bonchev–Trinajstić information content (AvgIpc) is 3.14. The minimum Gasteiger partial charge on any atom is -0.494 e. The van der Waals surface area contributed by atoms with Crippen LogP contribution in [0.5, 0.6) is 5.75 Å². The number of benzene rings is 2. The lowest BCUT2D eigenvalue weighted by atomic mass is 10.2. The fourth-order valence-electron chi connectivity index (χ4n) is 2.56. The van der Waals surface area contributed by atoms with E-state index in [1.165, 1.54) is 11.3 Å². The van der Waals surface area contributed by atoms with E-state index >= 15 is 0 Å². The van der Waals surface area contributed by atoms with Crippen molar-refractivity contribution in [1.82, 2.24) is 9.88 Å². The van der Waals surface area contributed by atoms with Crippen LogP contribution in [0.2, 0.25) is 0 Å². The highest BCUT2D eigenvalue weighted by atomic mass is 32.1. The van der Waals surface area contributed by atoms with Gasteiger partial charge in [-0.3, -0.25) is 9.59 Å². The van der Waals surface area contributed by atoms with Gasteiger partial charge in [0, 0.05) is 23.7 Å². The summed E-state index contributed by atoms with van der Waals surface area (Å²) in [6, 6.07) is 16.7. The Hall–Kier alpha value is -3.19. The molecule has 0 atom stereocenters. The quantitative estimate of drug-likeness (QED) is 0.669. The Kier molecular flexibility index (Phi) is 6.75. The number of hydrogen-bond donors (Lipinski definition) is 1. The molecule has 0 fully saturated rings. The summed E-state index contributed by atoms with van der Waals surface area (Å²) in [5, 5.41) is 4.49. The standard InChI is InChI=1S/C21H21N3O3S/c1-2-27-18-10-8-17(9-11-18)20(26)22-14-19(25)23-21-24(12-13-28-21)15-16-6-4-3-5-7-16/h3-13H,2,14-15H2,1H3,(H,22,26). The number of thiazole rings is 1. The molecule has 0 saturated carbocycles. The molecule has 1 aromatic heterocycles. The molecule has 0 saturated heterocycles. The van der Waals surface area contributed by atoms with Crippen LogP contribution in [0.3, 0.4) is 0 Å². The lowest BCUT2D eigenvalue weighted by molar-refractivity contribution is -0.117. The Morgan fingerprint density at radius 1 is 1.11 bits per heavy atom. The van der Waals surface area contributed by atoms with Crippen LogP contribution in [0.4, 0.5) is 0 Å². The highest BCUT2D eigenvalue weighted by Crippen LogP contribution is 2.11. The number of carbonyl (C=O) groups excluding carboxylic acids is 2. The maximum absolute atomic E-state index is 12.2. The molecule has 6 nitrogen and oxygen atoms in total. The van der Waals surface area contributed by atoms with Gasteiger partial charge in [-0.1, -0.05) is 30.3 Å². The Morgan fingerprint density at radius 2 is 1.86 bits per heavy atom. The van der Waals surface area contributed by atoms with Crippen LogP contribution in [0.1, 0.15) is 22.8 Å². The molecule has 0 aliphatic rings. The lowest BCUT2D eigenvalue weighted by Gasteiger charge is -2.05. The Labute approximate surface area is 167 Å². The van der Waals surface area contributed by atoms with Gasteiger partial charge in [0.05, 0.1) is 13.2 Å². The highest BCUT2D eigenvalue weighted by molar-refractivity contribution is 7.07. The average molecular weight is 395 g/mol. The van der Waals surface area contributed by atoms with Gasteiger partial charge in [-0.2, -0.15) is 4.99 Å². The lowest BCUT2D eigenvalue weighted by Crippen LogP contribution is -2.30. The van der Waals surface area contributed by atoms with E-state index in [4.69, 9.17) is 4.74 Å². The molecule has 28 heavy (non-hydrogen) atoms. The van der Waals surface area contributed by atoms with Gasteiger partial charge in [-0.05, 0) is 36.8 Å². The number of carbonyl (C=O) groups is 2. The van der Waals surface area contributed by atoms with Crippen molar-refractivity contribution in [3.05, 3.63) is 82.1 Å². The smallest absolute Gasteiger partial charge is 0.267 e. The van der Waals surface area contributed by atoms with Crippen molar-refractivity contribution in [2.24, 2.45) is 4.99 Å². The predicted molar refractivity (Wildman–Crippen MR) is 108 cm³/mol. The Bertz CT molecular complexity index is 991. The summed E-state index contributed by atoms with van der Waals surface area (Å²) in [7, 11) is 0. The summed E-state index contributed by atoms with van der Waals surface area (Å²) in [5.74, 6) is -0.0238. The summed E-state index contributed by atoms with van der Waals surface area (Å²) >= 11 is 1.38. The Balaban J connectivity index is 1.59. The van der Waals surface area contributed by atoms with Crippen molar-refractivity contribution in [3.8, 4) is 5.75 Å². The zero-order chi connectivity index (χ0) is 19.8. The minimum atomic E-state index is -0.399. The van der Waals surface area contributed by atoms with Crippen LogP contribution in [0.15, 0.2) is 71.2 Å². The monoisotopic (exact) mass is 395 g/mol. The van der Waals surface area contributed by atoms with E-state index in [1.54, 1.807) is 24.3 Å². The second kappa shape index (κ2) is 9.66. The molecule has 1 heterocycles. The van der Waals surface area contributed by atoms with Crippen LogP contribution >= 0.6 is 11.3 Å². The second-order valence-electron chi connectivity index (χ2n) is 5.94. The minimum absolute atomic E-state index is 0.157. The third-order valence-electron chi connectivity index (χ3n) is 3.90. The number of amides is 2. The molecule has 0 aliphatic heterocycles. The van der Waals surface area contributed by atoms with Crippen molar-refractivity contribution in [2.75, 3.05) is 13.2 Å². The first-order valence-corrected chi connectivity index (χ1v) is 9.80. The second-order valence-corrected chi connectivity index (χ2v) is 6.82. The zero-order valence-electron chi connectivity index (χ0n) is 15.5. The predicted octanol–water partition coefficient (Wildman–Crippen LogP) is 2.85. The number of nitrogens with one attached hydrogen (secondary N) is 1. The van der Waals surface area contributed by atoms with E-state index in [9.17, 15) is 9.59 Å². The van der Waals surface area contributed by atoms with Gasteiger partial charge < -0.3 is 14.6 Å². The van der Waals surface area contributed by atoms with Crippen LogP contribution in [0.25, 0.3) is 0 Å². The van der Waals surface area contributed by atoms with E-state index in [2.05, 4.69) is 10.3 Å². The van der Waals surface area contributed by atoms with Crippen LogP contribution in [0, 0.1) is 0 Å². The van der Waals surface area contributed by atoms with Crippen molar-refractivity contribution in [1.29, 1.82) is 0 Å².